The lowest BCUT2D eigenvalue weighted by molar-refractivity contribution is 0.0366. The van der Waals surface area contributed by atoms with Crippen LogP contribution in [0.1, 0.15) is 88.2 Å². The van der Waals surface area contributed by atoms with Crippen molar-refractivity contribution in [2.75, 3.05) is 6.54 Å². The van der Waals surface area contributed by atoms with Gasteiger partial charge in [0.2, 0.25) is 0 Å². The molecule has 4 N–H and O–H groups in total. The Kier molecular flexibility index (Phi) is 7.01. The number of amides is 1. The van der Waals surface area contributed by atoms with Gasteiger partial charge in [0.15, 0.2) is 0 Å². The van der Waals surface area contributed by atoms with Crippen LogP contribution in [0.4, 0.5) is 4.79 Å². The van der Waals surface area contributed by atoms with Crippen LogP contribution in [0.15, 0.2) is 60.7 Å². The van der Waals surface area contributed by atoms with Crippen molar-refractivity contribution < 1.29 is 9.53 Å². The van der Waals surface area contributed by atoms with Crippen LogP contribution in [0.2, 0.25) is 0 Å². The molecule has 46 heavy (non-hydrogen) atoms. The van der Waals surface area contributed by atoms with E-state index in [1.807, 2.05) is 20.8 Å². The van der Waals surface area contributed by atoms with Crippen molar-refractivity contribution in [3.05, 3.63) is 83.6 Å². The summed E-state index contributed by atoms with van der Waals surface area (Å²) in [5.41, 5.74) is 10.6. The van der Waals surface area contributed by atoms with Gasteiger partial charge in [-0.1, -0.05) is 48.5 Å². The number of nitrogens with one attached hydrogen (secondary N) is 4. The Labute approximate surface area is 269 Å². The van der Waals surface area contributed by atoms with Crippen molar-refractivity contribution in [3.8, 4) is 33.5 Å². The molecule has 3 aromatic carbocycles. The topological polar surface area (TPSA) is 108 Å². The third-order valence-corrected chi connectivity index (χ3v) is 9.85. The highest BCUT2D eigenvalue weighted by Gasteiger charge is 2.44. The maximum Gasteiger partial charge on any atom is 0.408 e. The molecule has 3 heterocycles. The number of alkyl carbamates (subject to hydrolysis) is 1. The number of rotatable bonds is 5. The standard InChI is InChI=1S/C38H42N6O2/c1-37(2,3)46-36(45)44-38(18-6-19-38)35-41-29-17-15-26(22-32(29)42-35)24-12-10-23(11-13-24)25-14-16-28-27(21-25)7-4-8-30-33(28)43-34(40-30)31-9-5-20-39-31/h10-17,21-22,31,39H,4-9,18-20H2,1-3H3,(H,40,43)(H,41,42)(H,44,45). The number of carbonyl (C=O) groups excluding carboxylic acids is 1. The molecule has 2 aliphatic carbocycles. The summed E-state index contributed by atoms with van der Waals surface area (Å²) in [7, 11) is 0. The zero-order valence-electron chi connectivity index (χ0n) is 26.9. The van der Waals surface area contributed by atoms with Crippen LogP contribution >= 0.6 is 0 Å². The Morgan fingerprint density at radius 3 is 2.30 bits per heavy atom. The Balaban J connectivity index is 1.02. The highest BCUT2D eigenvalue weighted by Crippen LogP contribution is 2.41. The SMILES string of the molecule is CC(C)(C)OC(=O)NC1(c2nc3ccc(-c4ccc(-c5ccc6c(c5)CCCc5[nH]c(C7CCCN7)nc5-6)cc4)cc3[nH]2)CCC1. The molecule has 0 bridgehead atoms. The first kappa shape index (κ1) is 29.0. The molecule has 0 radical (unpaired) electrons. The number of benzene rings is 3. The number of nitrogens with zero attached hydrogens (tertiary/aromatic N) is 2. The number of ether oxygens (including phenoxy) is 1. The van der Waals surface area contributed by atoms with E-state index in [1.54, 1.807) is 0 Å². The molecule has 8 nitrogen and oxygen atoms in total. The molecular formula is C38H42N6O2. The van der Waals surface area contributed by atoms with Crippen LogP contribution in [-0.4, -0.2) is 38.2 Å². The summed E-state index contributed by atoms with van der Waals surface area (Å²) in [6, 6.07) is 22.4. The zero-order valence-corrected chi connectivity index (χ0v) is 26.9. The second-order valence-electron chi connectivity index (χ2n) is 14.3. The summed E-state index contributed by atoms with van der Waals surface area (Å²) in [6.45, 7) is 6.71. The van der Waals surface area contributed by atoms with E-state index in [0.29, 0.717) is 6.04 Å². The lowest BCUT2D eigenvalue weighted by Crippen LogP contribution is -2.52. The number of aromatic nitrogens is 4. The van der Waals surface area contributed by atoms with E-state index >= 15 is 0 Å². The number of fused-ring (bicyclic) bond motifs is 4. The fourth-order valence-electron chi connectivity index (χ4n) is 7.30. The van der Waals surface area contributed by atoms with E-state index in [-0.39, 0.29) is 0 Å². The first-order chi connectivity index (χ1) is 22.2. The molecule has 3 aliphatic rings. The summed E-state index contributed by atoms with van der Waals surface area (Å²) in [5, 5.41) is 6.69. The van der Waals surface area contributed by atoms with Crippen molar-refractivity contribution in [3.63, 3.8) is 0 Å². The van der Waals surface area contributed by atoms with Crippen molar-refractivity contribution >= 4 is 17.1 Å². The predicted octanol–water partition coefficient (Wildman–Crippen LogP) is 8.10. The fourth-order valence-corrected chi connectivity index (χ4v) is 7.30. The Morgan fingerprint density at radius 1 is 0.870 bits per heavy atom. The quantitative estimate of drug-likeness (QED) is 0.160. The fraction of sp³-hybridized carbons (Fsp3) is 0.395. The number of aromatic amines is 2. The molecular weight excluding hydrogens is 572 g/mol. The van der Waals surface area contributed by atoms with E-state index in [0.717, 1.165) is 91.0 Å². The third kappa shape index (κ3) is 5.38. The normalized spacial score (nSPS) is 18.8. The Hall–Kier alpha value is -4.43. The van der Waals surface area contributed by atoms with Gasteiger partial charge in [0.1, 0.15) is 22.8 Å². The van der Waals surface area contributed by atoms with Gasteiger partial charge in [0.25, 0.3) is 0 Å². The van der Waals surface area contributed by atoms with Gasteiger partial charge < -0.3 is 25.3 Å². The zero-order chi connectivity index (χ0) is 31.5. The molecule has 236 valence electrons. The van der Waals surface area contributed by atoms with Gasteiger partial charge in [0, 0.05) is 11.3 Å². The van der Waals surface area contributed by atoms with Crippen molar-refractivity contribution in [2.45, 2.75) is 89.3 Å². The average Bonchev–Trinajstić information content (AvgIpc) is 3.76. The van der Waals surface area contributed by atoms with Crippen molar-refractivity contribution in [1.29, 1.82) is 0 Å². The first-order valence-electron chi connectivity index (χ1n) is 16.8. The number of aryl methyl sites for hydroxylation is 2. The molecule has 2 aromatic heterocycles. The molecule has 1 saturated heterocycles. The van der Waals surface area contributed by atoms with Crippen LogP contribution in [-0.2, 0) is 23.1 Å². The van der Waals surface area contributed by atoms with Gasteiger partial charge in [-0.3, -0.25) is 0 Å². The minimum Gasteiger partial charge on any atom is -0.444 e. The average molecular weight is 615 g/mol. The summed E-state index contributed by atoms with van der Waals surface area (Å²) >= 11 is 0. The molecule has 8 heteroatoms. The second-order valence-corrected chi connectivity index (χ2v) is 14.3. The second kappa shape index (κ2) is 11.1. The molecule has 1 unspecified atom stereocenters. The van der Waals surface area contributed by atoms with Crippen LogP contribution in [0.3, 0.4) is 0 Å². The molecule has 8 rings (SSSR count). The first-order valence-corrected chi connectivity index (χ1v) is 16.8. The summed E-state index contributed by atoms with van der Waals surface area (Å²) in [5.74, 6) is 1.89. The largest absolute Gasteiger partial charge is 0.444 e. The highest BCUT2D eigenvalue weighted by molar-refractivity contribution is 5.83. The lowest BCUT2D eigenvalue weighted by Gasteiger charge is -2.40. The van der Waals surface area contributed by atoms with Crippen LogP contribution in [0.25, 0.3) is 44.5 Å². The van der Waals surface area contributed by atoms with Gasteiger partial charge in [0.05, 0.1) is 22.8 Å². The molecule has 1 saturated carbocycles. The maximum absolute atomic E-state index is 12.6. The smallest absolute Gasteiger partial charge is 0.408 e. The third-order valence-electron chi connectivity index (χ3n) is 9.85. The molecule has 0 spiro atoms. The van der Waals surface area contributed by atoms with Gasteiger partial charge >= 0.3 is 6.09 Å². The predicted molar refractivity (Wildman–Crippen MR) is 181 cm³/mol. The van der Waals surface area contributed by atoms with E-state index < -0.39 is 17.2 Å². The monoisotopic (exact) mass is 614 g/mol. The highest BCUT2D eigenvalue weighted by atomic mass is 16.6. The number of hydrogen-bond acceptors (Lipinski definition) is 5. The van der Waals surface area contributed by atoms with E-state index in [2.05, 4.69) is 81.3 Å². The lowest BCUT2D eigenvalue weighted by atomic mass is 9.76. The van der Waals surface area contributed by atoms with E-state index in [1.165, 1.54) is 34.4 Å². The molecule has 1 atom stereocenters. The van der Waals surface area contributed by atoms with Crippen LogP contribution in [0.5, 0.6) is 0 Å². The number of H-pyrrole nitrogens is 2. The summed E-state index contributed by atoms with van der Waals surface area (Å²) in [4.78, 5) is 29.8. The van der Waals surface area contributed by atoms with Crippen molar-refractivity contribution in [2.24, 2.45) is 0 Å². The van der Waals surface area contributed by atoms with E-state index in [9.17, 15) is 4.79 Å². The minimum absolute atomic E-state index is 0.352. The van der Waals surface area contributed by atoms with Gasteiger partial charge in [-0.15, -0.1) is 0 Å². The van der Waals surface area contributed by atoms with Gasteiger partial charge in [-0.05, 0) is 119 Å². The molecule has 1 amide bonds. The van der Waals surface area contributed by atoms with Crippen LogP contribution in [0, 0.1) is 0 Å². The van der Waals surface area contributed by atoms with Crippen molar-refractivity contribution in [1.82, 2.24) is 30.6 Å². The Bertz CT molecular complexity index is 1920. The Morgan fingerprint density at radius 2 is 1.61 bits per heavy atom. The molecule has 5 aromatic rings. The molecule has 2 fully saturated rings. The summed E-state index contributed by atoms with van der Waals surface area (Å²) in [6.07, 6.45) is 7.90. The summed E-state index contributed by atoms with van der Waals surface area (Å²) < 4.78 is 5.55. The number of hydrogen-bond donors (Lipinski definition) is 4. The van der Waals surface area contributed by atoms with Gasteiger partial charge in [-0.25, -0.2) is 14.8 Å². The van der Waals surface area contributed by atoms with E-state index in [4.69, 9.17) is 14.7 Å². The molecule has 1 aliphatic heterocycles. The number of imidazole rings is 2. The van der Waals surface area contributed by atoms with Gasteiger partial charge in [-0.2, -0.15) is 0 Å². The minimum atomic E-state index is -0.548. The van der Waals surface area contributed by atoms with Crippen LogP contribution < -0.4 is 10.6 Å². The maximum atomic E-state index is 12.6. The number of carbonyl (C=O) groups is 1.